The highest BCUT2D eigenvalue weighted by Gasteiger charge is 2.29. The minimum Gasteiger partial charge on any atom is -0.352 e. The standard InChI is InChI=1S/C22H26N2O2/c1-16-8-9-20(12-17(16)2)22(26)23-14-19-13-21(25)24(15-19)11-10-18-6-4-3-5-7-18/h3-9,12,19H,10-11,13-15H2,1-2H3,(H,23,26). The van der Waals surface area contributed by atoms with Crippen LogP contribution in [-0.2, 0) is 11.2 Å². The molecule has 2 amide bonds. The Morgan fingerprint density at radius 2 is 1.88 bits per heavy atom. The molecule has 26 heavy (non-hydrogen) atoms. The van der Waals surface area contributed by atoms with E-state index in [1.807, 2.05) is 55.1 Å². The zero-order valence-corrected chi connectivity index (χ0v) is 15.5. The van der Waals surface area contributed by atoms with Gasteiger partial charge in [-0.05, 0) is 49.1 Å². The molecule has 2 aromatic rings. The minimum absolute atomic E-state index is 0.0664. The summed E-state index contributed by atoms with van der Waals surface area (Å²) >= 11 is 0. The molecule has 1 aliphatic rings. The van der Waals surface area contributed by atoms with Gasteiger partial charge in [-0.2, -0.15) is 0 Å². The molecule has 3 rings (SSSR count). The molecule has 1 N–H and O–H groups in total. The molecule has 0 bridgehead atoms. The maximum atomic E-state index is 12.3. The normalized spacial score (nSPS) is 16.8. The van der Waals surface area contributed by atoms with Gasteiger partial charge in [0, 0.05) is 37.5 Å². The third-order valence-corrected chi connectivity index (χ3v) is 5.13. The highest BCUT2D eigenvalue weighted by atomic mass is 16.2. The molecule has 1 unspecified atom stereocenters. The summed E-state index contributed by atoms with van der Waals surface area (Å²) in [6.07, 6.45) is 1.39. The number of carbonyl (C=O) groups is 2. The van der Waals surface area contributed by atoms with Gasteiger partial charge in [-0.15, -0.1) is 0 Å². The van der Waals surface area contributed by atoms with E-state index in [-0.39, 0.29) is 17.7 Å². The lowest BCUT2D eigenvalue weighted by molar-refractivity contribution is -0.127. The number of hydrogen-bond donors (Lipinski definition) is 1. The van der Waals surface area contributed by atoms with Gasteiger partial charge >= 0.3 is 0 Å². The fourth-order valence-corrected chi connectivity index (χ4v) is 3.34. The lowest BCUT2D eigenvalue weighted by Crippen LogP contribution is -2.32. The molecular weight excluding hydrogens is 324 g/mol. The van der Waals surface area contributed by atoms with Crippen LogP contribution in [0.3, 0.4) is 0 Å². The van der Waals surface area contributed by atoms with Crippen LogP contribution >= 0.6 is 0 Å². The zero-order valence-electron chi connectivity index (χ0n) is 15.5. The Bertz CT molecular complexity index is 786. The van der Waals surface area contributed by atoms with Gasteiger partial charge in [0.15, 0.2) is 0 Å². The van der Waals surface area contributed by atoms with Crippen molar-refractivity contribution in [2.24, 2.45) is 5.92 Å². The monoisotopic (exact) mass is 350 g/mol. The molecule has 2 aromatic carbocycles. The van der Waals surface area contributed by atoms with Crippen LogP contribution in [0.15, 0.2) is 48.5 Å². The van der Waals surface area contributed by atoms with E-state index >= 15 is 0 Å². The SMILES string of the molecule is Cc1ccc(C(=O)NCC2CC(=O)N(CCc3ccccc3)C2)cc1C. The van der Waals surface area contributed by atoms with Crippen LogP contribution < -0.4 is 5.32 Å². The molecule has 4 nitrogen and oxygen atoms in total. The van der Waals surface area contributed by atoms with Crippen molar-refractivity contribution in [2.45, 2.75) is 26.7 Å². The van der Waals surface area contributed by atoms with Crippen molar-refractivity contribution < 1.29 is 9.59 Å². The fourth-order valence-electron chi connectivity index (χ4n) is 3.34. The third kappa shape index (κ3) is 4.51. The first-order chi connectivity index (χ1) is 12.5. The van der Waals surface area contributed by atoms with Gasteiger partial charge in [0.05, 0.1) is 0 Å². The molecule has 1 aliphatic heterocycles. The Balaban J connectivity index is 1.48. The highest BCUT2D eigenvalue weighted by Crippen LogP contribution is 2.18. The van der Waals surface area contributed by atoms with Crippen LogP contribution in [0.25, 0.3) is 0 Å². The van der Waals surface area contributed by atoms with Crippen molar-refractivity contribution >= 4 is 11.8 Å². The molecule has 0 aromatic heterocycles. The first-order valence-electron chi connectivity index (χ1n) is 9.20. The second-order valence-corrected chi connectivity index (χ2v) is 7.15. The first kappa shape index (κ1) is 18.2. The number of benzene rings is 2. The molecule has 136 valence electrons. The van der Waals surface area contributed by atoms with E-state index in [0.717, 1.165) is 25.1 Å². The maximum Gasteiger partial charge on any atom is 0.251 e. The molecule has 1 heterocycles. The Kier molecular flexibility index (Phi) is 5.71. The van der Waals surface area contributed by atoms with Gasteiger partial charge < -0.3 is 10.2 Å². The van der Waals surface area contributed by atoms with Crippen LogP contribution in [0, 0.1) is 19.8 Å². The number of aryl methyl sites for hydroxylation is 2. The average Bonchev–Trinajstić information content (AvgIpc) is 3.01. The topological polar surface area (TPSA) is 49.4 Å². The molecule has 4 heteroatoms. The van der Waals surface area contributed by atoms with Crippen molar-refractivity contribution in [3.63, 3.8) is 0 Å². The van der Waals surface area contributed by atoms with Crippen LogP contribution in [0.5, 0.6) is 0 Å². The van der Waals surface area contributed by atoms with Crippen molar-refractivity contribution in [3.05, 3.63) is 70.8 Å². The van der Waals surface area contributed by atoms with Crippen molar-refractivity contribution in [1.29, 1.82) is 0 Å². The van der Waals surface area contributed by atoms with E-state index in [0.29, 0.717) is 18.5 Å². The Labute approximate surface area is 155 Å². The van der Waals surface area contributed by atoms with Crippen LogP contribution in [0.2, 0.25) is 0 Å². The Hall–Kier alpha value is -2.62. The molecule has 0 aliphatic carbocycles. The molecule has 1 saturated heterocycles. The Morgan fingerprint density at radius 1 is 1.12 bits per heavy atom. The molecule has 1 atom stereocenters. The van der Waals surface area contributed by atoms with Crippen molar-refractivity contribution in [2.75, 3.05) is 19.6 Å². The van der Waals surface area contributed by atoms with E-state index < -0.39 is 0 Å². The fraction of sp³-hybridized carbons (Fsp3) is 0.364. The lowest BCUT2D eigenvalue weighted by atomic mass is 10.1. The molecule has 0 saturated carbocycles. The van der Waals surface area contributed by atoms with E-state index in [9.17, 15) is 9.59 Å². The van der Waals surface area contributed by atoms with Gasteiger partial charge in [-0.1, -0.05) is 36.4 Å². The number of carbonyl (C=O) groups excluding carboxylic acids is 2. The third-order valence-electron chi connectivity index (χ3n) is 5.13. The number of amides is 2. The van der Waals surface area contributed by atoms with E-state index in [1.54, 1.807) is 0 Å². The predicted molar refractivity (Wildman–Crippen MR) is 103 cm³/mol. The van der Waals surface area contributed by atoms with Crippen molar-refractivity contribution in [1.82, 2.24) is 10.2 Å². The van der Waals surface area contributed by atoms with Gasteiger partial charge in [0.25, 0.3) is 5.91 Å². The van der Waals surface area contributed by atoms with Crippen LogP contribution in [0.1, 0.15) is 33.5 Å². The number of nitrogens with zero attached hydrogens (tertiary/aromatic N) is 1. The minimum atomic E-state index is -0.0664. The Morgan fingerprint density at radius 3 is 2.62 bits per heavy atom. The summed E-state index contributed by atoms with van der Waals surface area (Å²) in [5.74, 6) is 0.309. The molecule has 1 fully saturated rings. The summed E-state index contributed by atoms with van der Waals surface area (Å²) in [7, 11) is 0. The second-order valence-electron chi connectivity index (χ2n) is 7.15. The number of hydrogen-bond acceptors (Lipinski definition) is 2. The van der Waals surface area contributed by atoms with Gasteiger partial charge in [-0.25, -0.2) is 0 Å². The van der Waals surface area contributed by atoms with E-state index in [2.05, 4.69) is 17.4 Å². The van der Waals surface area contributed by atoms with Crippen molar-refractivity contribution in [3.8, 4) is 0 Å². The maximum absolute atomic E-state index is 12.3. The zero-order chi connectivity index (χ0) is 18.5. The quantitative estimate of drug-likeness (QED) is 0.870. The smallest absolute Gasteiger partial charge is 0.251 e. The average molecular weight is 350 g/mol. The summed E-state index contributed by atoms with van der Waals surface area (Å²) in [6.45, 7) is 6.04. The molecular formula is C22H26N2O2. The number of rotatable bonds is 6. The van der Waals surface area contributed by atoms with Crippen LogP contribution in [0.4, 0.5) is 0 Å². The number of nitrogens with one attached hydrogen (secondary N) is 1. The van der Waals surface area contributed by atoms with Gasteiger partial charge in [-0.3, -0.25) is 9.59 Å². The summed E-state index contributed by atoms with van der Waals surface area (Å²) in [5, 5.41) is 2.98. The summed E-state index contributed by atoms with van der Waals surface area (Å²) in [4.78, 5) is 26.5. The predicted octanol–water partition coefficient (Wildman–Crippen LogP) is 3.12. The largest absolute Gasteiger partial charge is 0.352 e. The van der Waals surface area contributed by atoms with Crippen LogP contribution in [-0.4, -0.2) is 36.3 Å². The summed E-state index contributed by atoms with van der Waals surface area (Å²) < 4.78 is 0. The van der Waals surface area contributed by atoms with E-state index in [1.165, 1.54) is 11.1 Å². The second kappa shape index (κ2) is 8.17. The summed E-state index contributed by atoms with van der Waals surface area (Å²) in [6, 6.07) is 15.9. The molecule has 0 radical (unpaired) electrons. The highest BCUT2D eigenvalue weighted by molar-refractivity contribution is 5.94. The van der Waals surface area contributed by atoms with Gasteiger partial charge in [0.2, 0.25) is 5.91 Å². The number of likely N-dealkylation sites (tertiary alicyclic amines) is 1. The van der Waals surface area contributed by atoms with Gasteiger partial charge in [0.1, 0.15) is 0 Å². The van der Waals surface area contributed by atoms with E-state index in [4.69, 9.17) is 0 Å². The first-order valence-corrected chi connectivity index (χ1v) is 9.20. The molecule has 0 spiro atoms. The summed E-state index contributed by atoms with van der Waals surface area (Å²) in [5.41, 5.74) is 4.21. The lowest BCUT2D eigenvalue weighted by Gasteiger charge is -2.17.